The fourth-order valence-corrected chi connectivity index (χ4v) is 15.8. The lowest BCUT2D eigenvalue weighted by Gasteiger charge is -2.29. The van der Waals surface area contributed by atoms with Gasteiger partial charge in [0.15, 0.2) is 0 Å². The number of nitrogens with two attached hydrogens (primary N) is 1. The van der Waals surface area contributed by atoms with Crippen molar-refractivity contribution in [3.05, 3.63) is 213 Å². The van der Waals surface area contributed by atoms with Crippen LogP contribution in [0.4, 0.5) is 0 Å². The topological polar surface area (TPSA) is 150 Å². The largest absolute Gasteiger partial charge is 0.420 e. The summed E-state index contributed by atoms with van der Waals surface area (Å²) in [7, 11) is 0.956. The predicted octanol–water partition coefficient (Wildman–Crippen LogP) is 5.25. The molecule has 4 heterocycles. The number of nitriles is 1. The first-order valence-electron chi connectivity index (χ1n) is 21.9. The van der Waals surface area contributed by atoms with Crippen molar-refractivity contribution >= 4 is 92.9 Å². The Hall–Kier alpha value is -7.42. The maximum Gasteiger partial charge on any atom is 0.303 e. The summed E-state index contributed by atoms with van der Waals surface area (Å²) < 4.78 is 7.10. The van der Waals surface area contributed by atoms with Crippen LogP contribution in [0, 0.1) is 18.3 Å². The predicted molar refractivity (Wildman–Crippen MR) is 284 cm³/mol. The molecular formula is C54H46Cl2N8O3Si2. The number of hydrogen-bond donors (Lipinski definition) is 2. The van der Waals surface area contributed by atoms with E-state index in [-0.39, 0.29) is 11.1 Å². The maximum absolute atomic E-state index is 12.8. The highest BCUT2D eigenvalue weighted by Gasteiger charge is 2.42. The van der Waals surface area contributed by atoms with Crippen LogP contribution < -0.4 is 47.9 Å². The van der Waals surface area contributed by atoms with Gasteiger partial charge in [0, 0.05) is 78.9 Å². The van der Waals surface area contributed by atoms with Gasteiger partial charge in [-0.25, -0.2) is 9.97 Å². The zero-order valence-corrected chi connectivity index (χ0v) is 41.9. The molecule has 342 valence electrons. The van der Waals surface area contributed by atoms with Crippen molar-refractivity contribution in [1.29, 1.82) is 5.26 Å². The first-order chi connectivity index (χ1) is 33.1. The Morgan fingerprint density at radius 3 is 1.58 bits per heavy atom. The van der Waals surface area contributed by atoms with E-state index in [1.165, 1.54) is 0 Å². The molecule has 0 spiro atoms. The number of nitrogens with zero attached hydrogens (tertiary/aromatic N) is 7. The van der Waals surface area contributed by atoms with Crippen molar-refractivity contribution in [3.8, 4) is 28.3 Å². The molecule has 0 radical (unpaired) electrons. The lowest BCUT2D eigenvalue weighted by atomic mass is 9.99. The first-order valence-corrected chi connectivity index (χ1v) is 26.7. The fourth-order valence-electron chi connectivity index (χ4n) is 9.21. The molecule has 6 aromatic carbocycles. The van der Waals surface area contributed by atoms with Crippen molar-refractivity contribution in [3.63, 3.8) is 0 Å². The van der Waals surface area contributed by atoms with Crippen molar-refractivity contribution in [2.45, 2.75) is 6.92 Å². The van der Waals surface area contributed by atoms with Crippen LogP contribution >= 0.6 is 23.2 Å². The molecule has 3 N–H and O–H groups in total. The lowest BCUT2D eigenvalue weighted by Crippen LogP contribution is -2.75. The van der Waals surface area contributed by atoms with E-state index in [0.717, 1.165) is 75.4 Å². The molecule has 4 aromatic heterocycles. The van der Waals surface area contributed by atoms with Crippen molar-refractivity contribution in [2.75, 3.05) is 0 Å². The minimum atomic E-state index is -3.48. The van der Waals surface area contributed by atoms with Gasteiger partial charge in [0.2, 0.25) is 8.24 Å². The van der Waals surface area contributed by atoms with Crippen LogP contribution in [0.25, 0.3) is 44.1 Å². The summed E-state index contributed by atoms with van der Waals surface area (Å²) in [6, 6.07) is 47.8. The summed E-state index contributed by atoms with van der Waals surface area (Å²) in [6.07, 6.45) is 7.01. The van der Waals surface area contributed by atoms with Crippen LogP contribution in [-0.2, 0) is 28.2 Å². The number of fused-ring (bicyclic) bond motifs is 2. The Balaban J connectivity index is 0.000000172. The van der Waals surface area contributed by atoms with Crippen LogP contribution in [0.1, 0.15) is 11.1 Å². The maximum atomic E-state index is 12.8. The minimum absolute atomic E-state index is 0.0441. The normalized spacial score (nSPS) is 13.0. The minimum Gasteiger partial charge on any atom is -0.420 e. The Bertz CT molecular complexity index is 3770. The number of benzene rings is 6. The van der Waals surface area contributed by atoms with Gasteiger partial charge in [-0.1, -0.05) is 108 Å². The summed E-state index contributed by atoms with van der Waals surface area (Å²) in [5.74, 6) is 0. The third-order valence-electron chi connectivity index (χ3n) is 13.0. The van der Waals surface area contributed by atoms with E-state index in [1.54, 1.807) is 84.5 Å². The second-order valence-electron chi connectivity index (χ2n) is 17.2. The van der Waals surface area contributed by atoms with Gasteiger partial charge in [-0.3, -0.25) is 9.59 Å². The number of halogens is 2. The molecule has 0 aliphatic carbocycles. The molecule has 0 aliphatic rings. The number of hydrogen-bond acceptors (Lipinski definition) is 7. The molecule has 10 aromatic rings. The van der Waals surface area contributed by atoms with Gasteiger partial charge in [0.1, 0.15) is 0 Å². The Morgan fingerprint density at radius 1 is 0.580 bits per heavy atom. The summed E-state index contributed by atoms with van der Waals surface area (Å²) >= 11 is 12.3. The molecule has 0 saturated heterocycles. The molecule has 0 unspecified atom stereocenters. The lowest BCUT2D eigenvalue weighted by molar-refractivity contribution is 0.579. The number of rotatable bonds is 8. The smallest absolute Gasteiger partial charge is 0.303 e. The van der Waals surface area contributed by atoms with Gasteiger partial charge in [0.05, 0.1) is 40.6 Å². The van der Waals surface area contributed by atoms with E-state index in [1.807, 2.05) is 108 Å². The number of aromatic nitrogens is 6. The third kappa shape index (κ3) is 8.48. The van der Waals surface area contributed by atoms with E-state index in [2.05, 4.69) is 47.2 Å². The van der Waals surface area contributed by atoms with Crippen LogP contribution in [0.5, 0.6) is 0 Å². The van der Waals surface area contributed by atoms with E-state index in [4.69, 9.17) is 28.6 Å². The van der Waals surface area contributed by atoms with Gasteiger partial charge in [0.25, 0.3) is 11.1 Å². The second-order valence-corrected chi connectivity index (χ2v) is 24.5. The van der Waals surface area contributed by atoms with Crippen molar-refractivity contribution < 1.29 is 4.80 Å². The van der Waals surface area contributed by atoms with Crippen LogP contribution in [0.15, 0.2) is 180 Å². The van der Waals surface area contributed by atoms with Crippen molar-refractivity contribution in [2.24, 2.45) is 33.6 Å². The van der Waals surface area contributed by atoms with Crippen LogP contribution in [0.3, 0.4) is 0 Å². The number of aryl methyl sites for hydroxylation is 5. The molecule has 0 saturated carbocycles. The summed E-state index contributed by atoms with van der Waals surface area (Å²) in [6.45, 7) is 2.05. The summed E-state index contributed by atoms with van der Waals surface area (Å²) in [5.41, 5.74) is 6.44. The average molecular weight is 982 g/mol. The zero-order chi connectivity index (χ0) is 48.8. The highest BCUT2D eigenvalue weighted by Crippen LogP contribution is 2.29. The van der Waals surface area contributed by atoms with Crippen molar-refractivity contribution in [1.82, 2.24) is 28.2 Å². The molecule has 0 amide bonds. The van der Waals surface area contributed by atoms with E-state index >= 15 is 0 Å². The third-order valence-corrected chi connectivity index (χ3v) is 20.8. The molecule has 10 rings (SSSR count). The standard InChI is InChI=1S/C27H21ClN4O2Si.C27H25ClN4OSi/c1-31-17-30-16-27(31)35(34,21-8-6-20(28)7-9-21)22-10-11-25-24(13-22)23(14-26(33)32(25)2)19-5-3-4-18(12-19)15-29;1-18-5-4-6-19(13-18)23-15-26(33)32(3)25-12-11-22(14-24(23)25)34(29,27-16-30-17-31(27)2)21-9-7-20(28)8-10-21/h3-14,16-17,34H,1-2H3;4-17H,29H2,1-3H3/t35-;34-/m11/s1. The highest BCUT2D eigenvalue weighted by molar-refractivity contribution is 7.09. The summed E-state index contributed by atoms with van der Waals surface area (Å²) in [4.78, 5) is 46.6. The fraction of sp³-hybridized carbons (Fsp3) is 0.0926. The highest BCUT2D eigenvalue weighted by atomic mass is 35.5. The molecule has 15 heteroatoms. The monoisotopic (exact) mass is 980 g/mol. The zero-order valence-electron chi connectivity index (χ0n) is 38.4. The quantitative estimate of drug-likeness (QED) is 0.198. The van der Waals surface area contributed by atoms with Crippen LogP contribution in [0.2, 0.25) is 10.0 Å². The average Bonchev–Trinajstić information content (AvgIpc) is 4.01. The molecule has 0 bridgehead atoms. The molecule has 69 heavy (non-hydrogen) atoms. The molecule has 2 atom stereocenters. The molecule has 0 aliphatic heterocycles. The summed E-state index contributed by atoms with van der Waals surface area (Å²) in [5, 5.41) is 25.1. The number of pyridine rings is 2. The van der Waals surface area contributed by atoms with Gasteiger partial charge in [-0.2, -0.15) is 5.26 Å². The van der Waals surface area contributed by atoms with Gasteiger partial charge >= 0.3 is 8.32 Å². The second kappa shape index (κ2) is 18.6. The van der Waals surface area contributed by atoms with E-state index in [0.29, 0.717) is 21.2 Å². The Labute approximate surface area is 410 Å². The molecular weight excluding hydrogens is 936 g/mol. The van der Waals surface area contributed by atoms with E-state index < -0.39 is 16.6 Å². The van der Waals surface area contributed by atoms with E-state index in [9.17, 15) is 19.6 Å². The number of imidazole rings is 2. The van der Waals surface area contributed by atoms with Gasteiger partial charge in [-0.15, -0.1) is 0 Å². The van der Waals surface area contributed by atoms with Gasteiger partial charge < -0.3 is 28.5 Å². The first kappa shape index (κ1) is 46.7. The SMILES string of the molecule is Cc1cccc(-c2cc(=O)n(C)c3ccc([Si@](N)(c4ccc(Cl)cc4)c4cncn4C)cc23)c1.Cn1cncc1[Si@@](O)(c1ccc(Cl)cc1)c1ccc2c(c1)c(-c1cccc(C#N)c1)cc(=O)n2C. The van der Waals surface area contributed by atoms with Crippen LogP contribution in [-0.4, -0.2) is 49.6 Å². The van der Waals surface area contributed by atoms with Gasteiger partial charge in [-0.05, 0) is 105 Å². The molecule has 0 fully saturated rings. The Kier molecular flexibility index (Phi) is 12.6. The molecule has 11 nitrogen and oxygen atoms in total. The Morgan fingerprint density at radius 2 is 1.06 bits per heavy atom.